The van der Waals surface area contributed by atoms with Gasteiger partial charge in [0.25, 0.3) is 0 Å². The van der Waals surface area contributed by atoms with Crippen molar-refractivity contribution in [3.63, 3.8) is 0 Å². The van der Waals surface area contributed by atoms with E-state index in [1.807, 2.05) is 18.2 Å². The number of unbranched alkanes of at least 4 members (excludes halogenated alkanes) is 1. The molecule has 1 aromatic rings. The monoisotopic (exact) mass is 259 g/mol. The lowest BCUT2D eigenvalue weighted by atomic mass is 9.70. The first kappa shape index (κ1) is 13.8. The Kier molecular flexibility index (Phi) is 4.35. The molecule has 1 aliphatic rings. The van der Waals surface area contributed by atoms with E-state index in [9.17, 15) is 9.59 Å². The highest BCUT2D eigenvalue weighted by Gasteiger charge is 2.46. The summed E-state index contributed by atoms with van der Waals surface area (Å²) in [6.45, 7) is 2.77. The number of Topliss-reactive ketones (excluding diaryl/α,β-unsaturated/α-hetero) is 1. The van der Waals surface area contributed by atoms with Crippen LogP contribution in [-0.2, 0) is 4.79 Å². The number of carbonyl (C=O) groups is 2. The molecule has 1 N–H and O–H groups in total. The maximum Gasteiger partial charge on any atom is 0.234 e. The molecule has 0 aliphatic carbocycles. The number of piperidine rings is 1. The topological polar surface area (TPSA) is 46.2 Å². The molecule has 1 aliphatic heterocycles. The second-order valence-electron chi connectivity index (χ2n) is 5.24. The van der Waals surface area contributed by atoms with Crippen LogP contribution in [0, 0.1) is 5.41 Å². The van der Waals surface area contributed by atoms with E-state index in [4.69, 9.17) is 0 Å². The van der Waals surface area contributed by atoms with Crippen molar-refractivity contribution in [2.75, 3.05) is 6.54 Å². The smallest absolute Gasteiger partial charge is 0.234 e. The van der Waals surface area contributed by atoms with E-state index in [-0.39, 0.29) is 11.7 Å². The van der Waals surface area contributed by atoms with E-state index >= 15 is 0 Å². The lowest BCUT2D eigenvalue weighted by Gasteiger charge is -2.34. The Morgan fingerprint density at radius 2 is 2.05 bits per heavy atom. The van der Waals surface area contributed by atoms with Gasteiger partial charge in [0, 0.05) is 12.1 Å². The Morgan fingerprint density at radius 1 is 1.32 bits per heavy atom. The molecule has 2 rings (SSSR count). The van der Waals surface area contributed by atoms with E-state index in [1.165, 1.54) is 0 Å². The van der Waals surface area contributed by atoms with Gasteiger partial charge in [0.2, 0.25) is 5.91 Å². The highest BCUT2D eigenvalue weighted by molar-refractivity contribution is 6.14. The van der Waals surface area contributed by atoms with Gasteiger partial charge in [-0.2, -0.15) is 0 Å². The summed E-state index contributed by atoms with van der Waals surface area (Å²) >= 11 is 0. The predicted molar refractivity (Wildman–Crippen MR) is 75.0 cm³/mol. The zero-order chi connectivity index (χ0) is 13.7. The molecule has 1 fully saturated rings. The van der Waals surface area contributed by atoms with Gasteiger partial charge in [-0.1, -0.05) is 50.1 Å². The molecule has 1 amide bonds. The molecule has 0 saturated carbocycles. The molecule has 1 heterocycles. The van der Waals surface area contributed by atoms with Crippen molar-refractivity contribution in [3.05, 3.63) is 35.9 Å². The van der Waals surface area contributed by atoms with Crippen LogP contribution in [0.25, 0.3) is 0 Å². The SMILES string of the molecule is CCCCC1(C(=O)c2ccccc2)CCCNC1=O. The molecule has 0 aromatic heterocycles. The summed E-state index contributed by atoms with van der Waals surface area (Å²) < 4.78 is 0. The second kappa shape index (κ2) is 6.00. The van der Waals surface area contributed by atoms with Gasteiger partial charge in [0.15, 0.2) is 5.78 Å². The molecule has 3 nitrogen and oxygen atoms in total. The van der Waals surface area contributed by atoms with Gasteiger partial charge in [0.05, 0.1) is 0 Å². The summed E-state index contributed by atoms with van der Waals surface area (Å²) in [7, 11) is 0. The van der Waals surface area contributed by atoms with Crippen molar-refractivity contribution in [2.24, 2.45) is 5.41 Å². The van der Waals surface area contributed by atoms with Crippen LogP contribution in [0.5, 0.6) is 0 Å². The van der Waals surface area contributed by atoms with E-state index < -0.39 is 5.41 Å². The van der Waals surface area contributed by atoms with Crippen LogP contribution in [0.4, 0.5) is 0 Å². The molecule has 0 radical (unpaired) electrons. The summed E-state index contributed by atoms with van der Waals surface area (Å²) in [6.07, 6.45) is 4.12. The lowest BCUT2D eigenvalue weighted by molar-refractivity contribution is -0.131. The lowest BCUT2D eigenvalue weighted by Crippen LogP contribution is -2.50. The molecule has 3 heteroatoms. The van der Waals surface area contributed by atoms with Crippen molar-refractivity contribution in [3.8, 4) is 0 Å². The van der Waals surface area contributed by atoms with Crippen LogP contribution in [0.2, 0.25) is 0 Å². The minimum Gasteiger partial charge on any atom is -0.355 e. The van der Waals surface area contributed by atoms with Gasteiger partial charge in [-0.3, -0.25) is 9.59 Å². The third kappa shape index (κ3) is 2.70. The predicted octanol–water partition coefficient (Wildman–Crippen LogP) is 2.96. The third-order valence-electron chi connectivity index (χ3n) is 3.93. The maximum atomic E-state index is 12.8. The average molecular weight is 259 g/mol. The minimum atomic E-state index is -0.838. The third-order valence-corrected chi connectivity index (χ3v) is 3.93. The molecule has 102 valence electrons. The summed E-state index contributed by atoms with van der Waals surface area (Å²) in [5, 5.41) is 2.87. The van der Waals surface area contributed by atoms with E-state index in [1.54, 1.807) is 12.1 Å². The largest absolute Gasteiger partial charge is 0.355 e. The van der Waals surface area contributed by atoms with E-state index in [0.29, 0.717) is 24.9 Å². The molecule has 1 atom stereocenters. The van der Waals surface area contributed by atoms with Crippen LogP contribution >= 0.6 is 0 Å². The number of nitrogens with one attached hydrogen (secondary N) is 1. The van der Waals surface area contributed by atoms with Crippen LogP contribution in [-0.4, -0.2) is 18.2 Å². The van der Waals surface area contributed by atoms with Gasteiger partial charge < -0.3 is 5.32 Å². The first-order valence-corrected chi connectivity index (χ1v) is 7.09. The first-order valence-electron chi connectivity index (χ1n) is 7.09. The zero-order valence-electron chi connectivity index (χ0n) is 11.4. The average Bonchev–Trinajstić information content (AvgIpc) is 2.47. The second-order valence-corrected chi connectivity index (χ2v) is 5.24. The molecule has 0 spiro atoms. The van der Waals surface area contributed by atoms with Gasteiger partial charge in [-0.05, 0) is 19.3 Å². The number of hydrogen-bond donors (Lipinski definition) is 1. The Labute approximate surface area is 114 Å². The fourth-order valence-corrected chi connectivity index (χ4v) is 2.79. The van der Waals surface area contributed by atoms with Crippen LogP contribution < -0.4 is 5.32 Å². The molecular weight excluding hydrogens is 238 g/mol. The Balaban J connectivity index is 2.31. The Hall–Kier alpha value is -1.64. The van der Waals surface area contributed by atoms with Crippen LogP contribution in [0.15, 0.2) is 30.3 Å². The summed E-state index contributed by atoms with van der Waals surface area (Å²) in [5.41, 5.74) is -0.189. The molecule has 1 saturated heterocycles. The highest BCUT2D eigenvalue weighted by atomic mass is 16.2. The Morgan fingerprint density at radius 3 is 2.68 bits per heavy atom. The fourth-order valence-electron chi connectivity index (χ4n) is 2.79. The van der Waals surface area contributed by atoms with Gasteiger partial charge in [-0.15, -0.1) is 0 Å². The molecule has 1 unspecified atom stereocenters. The minimum absolute atomic E-state index is 0.0150. The number of carbonyl (C=O) groups excluding carboxylic acids is 2. The zero-order valence-corrected chi connectivity index (χ0v) is 11.4. The van der Waals surface area contributed by atoms with Gasteiger partial charge >= 0.3 is 0 Å². The van der Waals surface area contributed by atoms with Crippen molar-refractivity contribution in [1.29, 1.82) is 0 Å². The number of rotatable bonds is 5. The quantitative estimate of drug-likeness (QED) is 0.652. The maximum absolute atomic E-state index is 12.8. The highest BCUT2D eigenvalue weighted by Crippen LogP contribution is 2.36. The van der Waals surface area contributed by atoms with E-state index in [2.05, 4.69) is 12.2 Å². The first-order chi connectivity index (χ1) is 9.20. The molecule has 1 aromatic carbocycles. The normalized spacial score (nSPS) is 22.9. The van der Waals surface area contributed by atoms with E-state index in [0.717, 1.165) is 19.3 Å². The van der Waals surface area contributed by atoms with Crippen molar-refractivity contribution < 1.29 is 9.59 Å². The number of benzene rings is 1. The fraction of sp³-hybridized carbons (Fsp3) is 0.500. The van der Waals surface area contributed by atoms with Crippen molar-refractivity contribution in [1.82, 2.24) is 5.32 Å². The molecular formula is C16H21NO2. The standard InChI is InChI=1S/C16H21NO2/c1-2-3-10-16(11-7-12-17-15(16)19)14(18)13-8-5-4-6-9-13/h4-6,8-9H,2-3,7,10-12H2,1H3,(H,17,19). The summed E-state index contributed by atoms with van der Waals surface area (Å²) in [4.78, 5) is 25.1. The Bertz CT molecular complexity index is 455. The summed E-state index contributed by atoms with van der Waals surface area (Å²) in [5.74, 6) is -0.0974. The van der Waals surface area contributed by atoms with Crippen molar-refractivity contribution >= 4 is 11.7 Å². The number of ketones is 1. The van der Waals surface area contributed by atoms with Gasteiger partial charge in [0.1, 0.15) is 5.41 Å². The van der Waals surface area contributed by atoms with Crippen molar-refractivity contribution in [2.45, 2.75) is 39.0 Å². The molecule has 0 bridgehead atoms. The molecule has 19 heavy (non-hydrogen) atoms. The van der Waals surface area contributed by atoms with Crippen LogP contribution in [0.3, 0.4) is 0 Å². The number of hydrogen-bond acceptors (Lipinski definition) is 2. The van der Waals surface area contributed by atoms with Crippen LogP contribution in [0.1, 0.15) is 49.4 Å². The van der Waals surface area contributed by atoms with Gasteiger partial charge in [-0.25, -0.2) is 0 Å². The number of amides is 1. The summed E-state index contributed by atoms with van der Waals surface area (Å²) in [6, 6.07) is 9.19.